The van der Waals surface area contributed by atoms with Crippen molar-refractivity contribution in [3.05, 3.63) is 56.1 Å². The van der Waals surface area contributed by atoms with Crippen LogP contribution in [0.25, 0.3) is 0 Å². The zero-order valence-electron chi connectivity index (χ0n) is 13.5. The van der Waals surface area contributed by atoms with Gasteiger partial charge in [-0.25, -0.2) is 4.98 Å². The van der Waals surface area contributed by atoms with Gasteiger partial charge in [0.15, 0.2) is 11.9 Å². The molecule has 23 heavy (non-hydrogen) atoms. The number of aromatic amines is 1. The zero-order chi connectivity index (χ0) is 16.9. The molecule has 0 aromatic carbocycles. The van der Waals surface area contributed by atoms with Crippen LogP contribution < -0.4 is 17.4 Å². The van der Waals surface area contributed by atoms with E-state index in [0.29, 0.717) is 16.6 Å². The van der Waals surface area contributed by atoms with Crippen LogP contribution in [-0.4, -0.2) is 10.1 Å². The minimum Gasteiger partial charge on any atom is -1.00 e. The normalized spacial score (nSPS) is 9.74. The highest BCUT2D eigenvalue weighted by Gasteiger charge is 2.10. The Morgan fingerprint density at radius 3 is 2.13 bits per heavy atom. The van der Waals surface area contributed by atoms with E-state index in [1.807, 2.05) is 33.9 Å². The van der Waals surface area contributed by atoms with Crippen LogP contribution in [0.3, 0.4) is 0 Å². The van der Waals surface area contributed by atoms with E-state index in [1.54, 1.807) is 6.20 Å². The Morgan fingerprint density at radius 2 is 1.61 bits per heavy atom. The lowest BCUT2D eigenvalue weighted by Crippen LogP contribution is -3.00. The fraction of sp³-hybridized carbons (Fsp3) is 0.375. The number of aliphatic hydroxyl groups is 1. The molecule has 0 amide bonds. The van der Waals surface area contributed by atoms with Gasteiger partial charge in [0, 0.05) is 22.3 Å². The highest BCUT2D eigenvalue weighted by Crippen LogP contribution is 2.21. The molecule has 0 saturated carbocycles. The summed E-state index contributed by atoms with van der Waals surface area (Å²) >= 11 is 17.6. The van der Waals surface area contributed by atoms with E-state index in [1.165, 1.54) is 0 Å². The van der Waals surface area contributed by atoms with Gasteiger partial charge in [-0.1, -0.05) is 23.2 Å². The number of aliphatic hydroxyl groups excluding tert-OH is 1. The number of hydrogen-bond acceptors (Lipinski definition) is 2. The summed E-state index contributed by atoms with van der Waals surface area (Å²) in [4.78, 5) is 7.10. The van der Waals surface area contributed by atoms with Crippen LogP contribution in [0.1, 0.15) is 33.6 Å². The highest BCUT2D eigenvalue weighted by molar-refractivity contribution is 6.32. The van der Waals surface area contributed by atoms with E-state index in [4.69, 9.17) is 39.9 Å². The average molecular weight is 398 g/mol. The molecule has 2 rings (SSSR count). The first-order valence-electron chi connectivity index (χ1n) is 6.77. The van der Waals surface area contributed by atoms with Crippen molar-refractivity contribution in [3.8, 4) is 0 Å². The van der Waals surface area contributed by atoms with Crippen LogP contribution in [0, 0.1) is 27.7 Å². The molecule has 0 fully saturated rings. The number of halogens is 4. The minimum absolute atomic E-state index is 0. The summed E-state index contributed by atoms with van der Waals surface area (Å²) < 4.78 is 0. The quantitative estimate of drug-likeness (QED) is 0.777. The van der Waals surface area contributed by atoms with Crippen molar-refractivity contribution in [2.75, 3.05) is 0 Å². The van der Waals surface area contributed by atoms with Crippen LogP contribution in [0.4, 0.5) is 0 Å². The maximum Gasteiger partial charge on any atom is 0.198 e. The van der Waals surface area contributed by atoms with Crippen LogP contribution in [0.2, 0.25) is 10.0 Å². The topological polar surface area (TPSA) is 47.3 Å². The molecule has 7 heteroatoms. The predicted octanol–water partition coefficient (Wildman–Crippen LogP) is 1.36. The molecule has 0 atom stereocenters. The van der Waals surface area contributed by atoms with Crippen molar-refractivity contribution in [2.45, 2.75) is 40.2 Å². The third-order valence-electron chi connectivity index (χ3n) is 3.40. The summed E-state index contributed by atoms with van der Waals surface area (Å²) in [6.07, 6.45) is 3.54. The maximum atomic E-state index is 8.81. The number of rotatable bonds is 2. The first-order chi connectivity index (χ1) is 10.3. The third kappa shape index (κ3) is 5.77. The van der Waals surface area contributed by atoms with Gasteiger partial charge in [-0.3, -0.25) is 4.98 Å². The summed E-state index contributed by atoms with van der Waals surface area (Å²) in [5, 5.41) is 10.3. The van der Waals surface area contributed by atoms with Crippen molar-refractivity contribution in [1.82, 2.24) is 4.98 Å². The van der Waals surface area contributed by atoms with Gasteiger partial charge in [-0.05, 0) is 38.8 Å². The standard InChI is InChI=1S/C8H9Cl2N.C8H10ClNO.ClH/c1-5-4-11-7(3-9)6(2)8(5)10;1-5-3-10-7(4-11)6(2)8(5)9;/h4H,3H2,1-2H3;3,11H,4H2,1-2H3;1H. The summed E-state index contributed by atoms with van der Waals surface area (Å²) in [7, 11) is 0. The fourth-order valence-corrected chi connectivity index (χ4v) is 2.45. The largest absolute Gasteiger partial charge is 1.00 e. The number of hydrogen-bond donors (Lipinski definition) is 1. The lowest BCUT2D eigenvalue weighted by atomic mass is 10.2. The molecule has 0 bridgehead atoms. The summed E-state index contributed by atoms with van der Waals surface area (Å²) in [5.41, 5.74) is 5.55. The molecule has 2 heterocycles. The van der Waals surface area contributed by atoms with E-state index in [2.05, 4.69) is 9.97 Å². The Labute approximate surface area is 158 Å². The summed E-state index contributed by atoms with van der Waals surface area (Å²) in [6, 6.07) is 0. The molecule has 128 valence electrons. The molecule has 0 spiro atoms. The number of aromatic nitrogens is 2. The molecule has 0 saturated heterocycles. The van der Waals surface area contributed by atoms with Crippen molar-refractivity contribution in [2.24, 2.45) is 0 Å². The number of alkyl halides is 1. The fourth-order valence-electron chi connectivity index (χ4n) is 1.84. The van der Waals surface area contributed by atoms with Gasteiger partial charge < -0.3 is 17.5 Å². The Balaban J connectivity index is 0.000000403. The van der Waals surface area contributed by atoms with Crippen molar-refractivity contribution < 1.29 is 22.5 Å². The number of aryl methyl sites for hydroxylation is 2. The number of H-pyrrole nitrogens is 1. The molecule has 0 aliphatic carbocycles. The third-order valence-corrected chi connectivity index (χ3v) is 4.83. The molecular formula is C16H20Cl4N2O. The number of pyridine rings is 2. The number of nitrogens with one attached hydrogen (secondary N) is 1. The van der Waals surface area contributed by atoms with E-state index in [9.17, 15) is 0 Å². The minimum atomic E-state index is -0.0498. The van der Waals surface area contributed by atoms with Gasteiger partial charge >= 0.3 is 0 Å². The molecule has 2 aromatic heterocycles. The van der Waals surface area contributed by atoms with Crippen molar-refractivity contribution >= 4 is 34.8 Å². The van der Waals surface area contributed by atoms with Gasteiger partial charge in [0.2, 0.25) is 0 Å². The molecule has 2 N–H and O–H groups in total. The first kappa shape index (κ1) is 22.4. The Kier molecular flexibility index (Phi) is 10.1. The van der Waals surface area contributed by atoms with Crippen molar-refractivity contribution in [1.29, 1.82) is 0 Å². The van der Waals surface area contributed by atoms with E-state index >= 15 is 0 Å². The van der Waals surface area contributed by atoms with Gasteiger partial charge in [0.1, 0.15) is 5.88 Å². The Hall–Kier alpha value is -0.580. The Bertz CT molecular complexity index is 606. The maximum absolute atomic E-state index is 8.81. The monoisotopic (exact) mass is 396 g/mol. The molecule has 0 aliphatic heterocycles. The van der Waals surface area contributed by atoms with E-state index in [0.717, 1.165) is 33.0 Å². The second kappa shape index (κ2) is 10.3. The van der Waals surface area contributed by atoms with Gasteiger partial charge in [-0.15, -0.1) is 11.6 Å². The second-order valence-corrected chi connectivity index (χ2v) is 6.03. The van der Waals surface area contributed by atoms with Gasteiger partial charge in [-0.2, -0.15) is 0 Å². The summed E-state index contributed by atoms with van der Waals surface area (Å²) in [5.74, 6) is 0.478. The van der Waals surface area contributed by atoms with Crippen LogP contribution in [0.5, 0.6) is 0 Å². The second-order valence-electron chi connectivity index (χ2n) is 5.01. The average Bonchev–Trinajstić information content (AvgIpc) is 2.51. The molecule has 0 unspecified atom stereocenters. The van der Waals surface area contributed by atoms with Gasteiger partial charge in [0.05, 0.1) is 17.3 Å². The summed E-state index contributed by atoms with van der Waals surface area (Å²) in [6.45, 7) is 7.62. The molecule has 2 aromatic rings. The zero-order valence-corrected chi connectivity index (χ0v) is 16.5. The predicted molar refractivity (Wildman–Crippen MR) is 91.7 cm³/mol. The van der Waals surface area contributed by atoms with Crippen LogP contribution in [0.15, 0.2) is 12.4 Å². The lowest BCUT2D eigenvalue weighted by molar-refractivity contribution is -0.389. The van der Waals surface area contributed by atoms with Crippen molar-refractivity contribution in [3.63, 3.8) is 0 Å². The molecule has 0 radical (unpaired) electrons. The van der Waals surface area contributed by atoms with Crippen LogP contribution in [-0.2, 0) is 12.5 Å². The van der Waals surface area contributed by atoms with E-state index in [-0.39, 0.29) is 19.0 Å². The number of nitrogens with zero attached hydrogens (tertiary/aromatic N) is 1. The SMILES string of the molecule is Cc1c[nH+]c(CCl)c(C)c1Cl.Cc1cnc(CO)c(C)c1Cl.[Cl-]. The lowest BCUT2D eigenvalue weighted by Gasteiger charge is -2.05. The molecular weight excluding hydrogens is 378 g/mol. The smallest absolute Gasteiger partial charge is 0.198 e. The Morgan fingerprint density at radius 1 is 1.04 bits per heavy atom. The van der Waals surface area contributed by atoms with Crippen LogP contribution >= 0.6 is 34.8 Å². The highest BCUT2D eigenvalue weighted by atomic mass is 35.5. The molecule has 0 aliphatic rings. The molecule has 3 nitrogen and oxygen atoms in total. The van der Waals surface area contributed by atoms with Gasteiger partial charge in [0.25, 0.3) is 0 Å². The first-order valence-corrected chi connectivity index (χ1v) is 8.06. The van der Waals surface area contributed by atoms with E-state index < -0.39 is 0 Å².